The Morgan fingerprint density at radius 3 is 2.26 bits per heavy atom. The maximum absolute atomic E-state index is 13.9. The van der Waals surface area contributed by atoms with Crippen LogP contribution in [0, 0.1) is 11.6 Å². The van der Waals surface area contributed by atoms with E-state index in [1.165, 1.54) is 6.07 Å². The first-order valence-corrected chi connectivity index (χ1v) is 9.34. The first kappa shape index (κ1) is 18.4. The van der Waals surface area contributed by atoms with Gasteiger partial charge in [0.2, 0.25) is 0 Å². The van der Waals surface area contributed by atoms with Crippen LogP contribution in [0.4, 0.5) is 14.5 Å². The molecule has 0 radical (unpaired) electrons. The summed E-state index contributed by atoms with van der Waals surface area (Å²) in [6, 6.07) is 10.4. The molecule has 6 heteroatoms. The third-order valence-electron chi connectivity index (χ3n) is 5.99. The van der Waals surface area contributed by atoms with Crippen LogP contribution in [-0.2, 0) is 22.3 Å². The Bertz CT molecular complexity index is 851. The average Bonchev–Trinajstić information content (AvgIpc) is 3.06. The van der Waals surface area contributed by atoms with Crippen molar-refractivity contribution in [1.29, 1.82) is 0 Å². The third kappa shape index (κ3) is 3.25. The van der Waals surface area contributed by atoms with E-state index >= 15 is 0 Å². The first-order valence-electron chi connectivity index (χ1n) is 9.34. The molecule has 2 aromatic rings. The van der Waals surface area contributed by atoms with Crippen LogP contribution in [0.1, 0.15) is 38.8 Å². The number of fused-ring (bicyclic) bond motifs is 1. The number of benzene rings is 2. The van der Waals surface area contributed by atoms with Gasteiger partial charge >= 0.3 is 7.12 Å². The SMILES string of the molecule is CC1(C)OB(c2ccc(CN3CCc4c(F)cc(F)cc43)cc2)OC1(C)C. The monoisotopic (exact) mass is 371 g/mol. The van der Waals surface area contributed by atoms with Crippen molar-refractivity contribution in [2.24, 2.45) is 0 Å². The fraction of sp³-hybridized carbons (Fsp3) is 0.429. The molecular formula is C21H24BF2NO2. The molecule has 3 nitrogen and oxygen atoms in total. The van der Waals surface area contributed by atoms with E-state index in [0.717, 1.165) is 17.1 Å². The van der Waals surface area contributed by atoms with E-state index < -0.39 is 11.6 Å². The second-order valence-corrected chi connectivity index (χ2v) is 8.39. The van der Waals surface area contributed by atoms with Gasteiger partial charge in [-0.1, -0.05) is 24.3 Å². The van der Waals surface area contributed by atoms with Crippen molar-refractivity contribution in [3.05, 3.63) is 59.2 Å². The van der Waals surface area contributed by atoms with Crippen LogP contribution in [0.15, 0.2) is 36.4 Å². The molecule has 1 saturated heterocycles. The van der Waals surface area contributed by atoms with E-state index in [-0.39, 0.29) is 18.3 Å². The Balaban J connectivity index is 1.49. The zero-order valence-corrected chi connectivity index (χ0v) is 16.2. The first-order chi connectivity index (χ1) is 12.7. The highest BCUT2D eigenvalue weighted by Crippen LogP contribution is 2.36. The topological polar surface area (TPSA) is 21.7 Å². The van der Waals surface area contributed by atoms with Crippen LogP contribution in [-0.4, -0.2) is 24.9 Å². The summed E-state index contributed by atoms with van der Waals surface area (Å²) in [5.74, 6) is -0.988. The van der Waals surface area contributed by atoms with Gasteiger partial charge in [0, 0.05) is 30.4 Å². The molecular weight excluding hydrogens is 347 g/mol. The predicted molar refractivity (Wildman–Crippen MR) is 103 cm³/mol. The summed E-state index contributed by atoms with van der Waals surface area (Å²) < 4.78 is 39.7. The molecule has 0 amide bonds. The summed E-state index contributed by atoms with van der Waals surface area (Å²) >= 11 is 0. The smallest absolute Gasteiger partial charge is 0.399 e. The van der Waals surface area contributed by atoms with Gasteiger partial charge in [-0.05, 0) is 51.2 Å². The molecule has 0 atom stereocenters. The van der Waals surface area contributed by atoms with Crippen molar-refractivity contribution in [3.8, 4) is 0 Å². The van der Waals surface area contributed by atoms with Gasteiger partial charge in [0.25, 0.3) is 0 Å². The number of rotatable bonds is 3. The molecule has 2 aliphatic rings. The number of hydrogen-bond donors (Lipinski definition) is 0. The molecule has 0 saturated carbocycles. The van der Waals surface area contributed by atoms with Crippen LogP contribution in [0.2, 0.25) is 0 Å². The molecule has 0 N–H and O–H groups in total. The molecule has 0 aromatic heterocycles. The van der Waals surface area contributed by atoms with E-state index in [1.807, 2.05) is 56.9 Å². The maximum Gasteiger partial charge on any atom is 0.494 e. The quantitative estimate of drug-likeness (QED) is 0.766. The van der Waals surface area contributed by atoms with Crippen LogP contribution in [0.5, 0.6) is 0 Å². The highest BCUT2D eigenvalue weighted by Gasteiger charge is 2.51. The Hall–Kier alpha value is -1.92. The Morgan fingerprint density at radius 2 is 1.63 bits per heavy atom. The minimum absolute atomic E-state index is 0.371. The lowest BCUT2D eigenvalue weighted by molar-refractivity contribution is 0.00578. The number of nitrogens with zero attached hydrogens (tertiary/aromatic N) is 1. The lowest BCUT2D eigenvalue weighted by atomic mass is 9.79. The second-order valence-electron chi connectivity index (χ2n) is 8.39. The van der Waals surface area contributed by atoms with Crippen LogP contribution >= 0.6 is 0 Å². The normalized spacial score (nSPS) is 20.2. The van der Waals surface area contributed by atoms with Gasteiger partial charge in [-0.3, -0.25) is 0 Å². The van der Waals surface area contributed by atoms with Crippen molar-refractivity contribution >= 4 is 18.3 Å². The zero-order valence-electron chi connectivity index (χ0n) is 16.2. The molecule has 27 heavy (non-hydrogen) atoms. The maximum atomic E-state index is 13.9. The Morgan fingerprint density at radius 1 is 1.00 bits per heavy atom. The molecule has 2 aromatic carbocycles. The van der Waals surface area contributed by atoms with Gasteiger partial charge in [-0.25, -0.2) is 8.78 Å². The summed E-state index contributed by atoms with van der Waals surface area (Å²) in [7, 11) is -0.389. The molecule has 1 fully saturated rings. The zero-order chi connectivity index (χ0) is 19.4. The number of halogens is 2. The molecule has 4 rings (SSSR count). The molecule has 0 aliphatic carbocycles. The van der Waals surface area contributed by atoms with Crippen molar-refractivity contribution < 1.29 is 18.1 Å². The predicted octanol–water partition coefficient (Wildman–Crippen LogP) is 3.83. The molecule has 2 heterocycles. The summed E-state index contributed by atoms with van der Waals surface area (Å²) in [5, 5.41) is 0. The lowest BCUT2D eigenvalue weighted by Gasteiger charge is -2.32. The van der Waals surface area contributed by atoms with E-state index in [1.54, 1.807) is 0 Å². The summed E-state index contributed by atoms with van der Waals surface area (Å²) in [4.78, 5) is 2.02. The second kappa shape index (κ2) is 6.31. The minimum Gasteiger partial charge on any atom is -0.399 e. The molecule has 0 unspecified atom stereocenters. The summed E-state index contributed by atoms with van der Waals surface area (Å²) in [6.07, 6.45) is 0.605. The van der Waals surface area contributed by atoms with E-state index in [9.17, 15) is 8.78 Å². The van der Waals surface area contributed by atoms with Gasteiger partial charge in [0.1, 0.15) is 11.6 Å². The standard InChI is InChI=1S/C21H24BF2NO2/c1-20(2)21(3,4)27-22(26-20)15-7-5-14(6-8-15)13-25-10-9-17-18(24)11-16(23)12-19(17)25/h5-8,11-12H,9-10,13H2,1-4H3. The van der Waals surface area contributed by atoms with Gasteiger partial charge in [-0.15, -0.1) is 0 Å². The fourth-order valence-corrected chi connectivity index (χ4v) is 3.63. The third-order valence-corrected chi connectivity index (χ3v) is 5.99. The Labute approximate surface area is 159 Å². The van der Waals surface area contributed by atoms with E-state index in [4.69, 9.17) is 9.31 Å². The van der Waals surface area contributed by atoms with Crippen molar-refractivity contribution in [2.45, 2.75) is 51.9 Å². The van der Waals surface area contributed by atoms with Crippen molar-refractivity contribution in [1.82, 2.24) is 0 Å². The number of anilines is 1. The minimum atomic E-state index is -0.533. The highest BCUT2D eigenvalue weighted by atomic mass is 19.1. The molecule has 2 aliphatic heterocycles. The molecule has 0 spiro atoms. The van der Waals surface area contributed by atoms with E-state index in [0.29, 0.717) is 30.8 Å². The van der Waals surface area contributed by atoms with Crippen LogP contribution in [0.25, 0.3) is 0 Å². The lowest BCUT2D eigenvalue weighted by Crippen LogP contribution is -2.41. The molecule has 0 bridgehead atoms. The van der Waals surface area contributed by atoms with Gasteiger partial charge in [0.15, 0.2) is 0 Å². The Kier molecular flexibility index (Phi) is 4.31. The van der Waals surface area contributed by atoms with Gasteiger partial charge in [-0.2, -0.15) is 0 Å². The average molecular weight is 371 g/mol. The highest BCUT2D eigenvalue weighted by molar-refractivity contribution is 6.62. The van der Waals surface area contributed by atoms with Crippen molar-refractivity contribution in [3.63, 3.8) is 0 Å². The summed E-state index contributed by atoms with van der Waals surface area (Å²) in [5.41, 5.74) is 2.56. The van der Waals surface area contributed by atoms with Crippen molar-refractivity contribution in [2.75, 3.05) is 11.4 Å². The largest absolute Gasteiger partial charge is 0.494 e. The van der Waals surface area contributed by atoms with Gasteiger partial charge < -0.3 is 14.2 Å². The number of hydrogen-bond acceptors (Lipinski definition) is 3. The van der Waals surface area contributed by atoms with Crippen LogP contribution in [0.3, 0.4) is 0 Å². The summed E-state index contributed by atoms with van der Waals surface area (Å²) in [6.45, 7) is 9.43. The van der Waals surface area contributed by atoms with E-state index in [2.05, 4.69) is 0 Å². The molecule has 142 valence electrons. The van der Waals surface area contributed by atoms with Crippen LogP contribution < -0.4 is 10.4 Å². The fourth-order valence-electron chi connectivity index (χ4n) is 3.63. The van der Waals surface area contributed by atoms with Gasteiger partial charge in [0.05, 0.1) is 11.2 Å².